The van der Waals surface area contributed by atoms with Crippen LogP contribution in [0.25, 0.3) is 0 Å². The molecule has 6 heteroatoms. The van der Waals surface area contributed by atoms with Gasteiger partial charge in [0.15, 0.2) is 5.96 Å². The van der Waals surface area contributed by atoms with Crippen LogP contribution >= 0.6 is 12.4 Å². The minimum atomic E-state index is 0. The van der Waals surface area contributed by atoms with Gasteiger partial charge < -0.3 is 21.5 Å². The van der Waals surface area contributed by atoms with Gasteiger partial charge in [-0.2, -0.15) is 0 Å². The van der Waals surface area contributed by atoms with Crippen LogP contribution in [-0.2, 0) is 0 Å². The van der Waals surface area contributed by atoms with E-state index in [1.54, 1.807) is 0 Å². The third kappa shape index (κ3) is 5.99. The Balaban J connectivity index is 0.00000256. The van der Waals surface area contributed by atoms with Crippen LogP contribution < -0.4 is 16.4 Å². The predicted molar refractivity (Wildman–Crippen MR) is 75.1 cm³/mol. The minimum Gasteiger partial charge on any atom is -0.394 e. The van der Waals surface area contributed by atoms with E-state index in [-0.39, 0.29) is 19.0 Å². The first-order chi connectivity index (χ1) is 7.76. The number of hydrogen-bond acceptors (Lipinski definition) is 3. The van der Waals surface area contributed by atoms with E-state index in [9.17, 15) is 0 Å². The fourth-order valence-electron chi connectivity index (χ4n) is 1.23. The Morgan fingerprint density at radius 2 is 1.88 bits per heavy atom. The predicted octanol–water partition coefficient (Wildman–Crippen LogP) is 1.26. The van der Waals surface area contributed by atoms with Crippen molar-refractivity contribution in [3.8, 4) is 0 Å². The van der Waals surface area contributed by atoms with Gasteiger partial charge >= 0.3 is 0 Å². The third-order valence-corrected chi connectivity index (χ3v) is 1.92. The Hall–Kier alpha value is -1.46. The molecule has 96 valence electrons. The number of aliphatic hydroxyl groups excluding tert-OH is 1. The molecule has 0 spiro atoms. The van der Waals surface area contributed by atoms with Crippen molar-refractivity contribution in [2.24, 2.45) is 10.7 Å². The van der Waals surface area contributed by atoms with Crippen LogP contribution in [0.3, 0.4) is 0 Å². The minimum absolute atomic E-state index is 0. The molecule has 1 rings (SSSR count). The number of hydrogen-bond donors (Lipinski definition) is 4. The lowest BCUT2D eigenvalue weighted by Crippen LogP contribution is -2.23. The highest BCUT2D eigenvalue weighted by atomic mass is 35.5. The topological polar surface area (TPSA) is 82.7 Å². The van der Waals surface area contributed by atoms with Crippen LogP contribution in [0.1, 0.15) is 6.92 Å². The third-order valence-electron chi connectivity index (χ3n) is 1.92. The molecule has 0 aromatic heterocycles. The van der Waals surface area contributed by atoms with Crippen molar-refractivity contribution in [3.05, 3.63) is 24.3 Å². The molecular weight excluding hydrogens is 240 g/mol. The lowest BCUT2D eigenvalue weighted by atomic mass is 10.3. The van der Waals surface area contributed by atoms with Gasteiger partial charge in [-0.25, -0.2) is 0 Å². The lowest BCUT2D eigenvalue weighted by Gasteiger charge is -2.07. The van der Waals surface area contributed by atoms with Gasteiger partial charge in [-0.15, -0.1) is 12.4 Å². The van der Waals surface area contributed by atoms with Crippen molar-refractivity contribution in [3.63, 3.8) is 0 Å². The number of nitrogens with zero attached hydrogens (tertiary/aromatic N) is 1. The number of rotatable bonds is 5. The largest absolute Gasteiger partial charge is 0.394 e. The molecule has 5 nitrogen and oxygen atoms in total. The molecule has 1 aromatic carbocycles. The van der Waals surface area contributed by atoms with E-state index in [4.69, 9.17) is 10.8 Å². The highest BCUT2D eigenvalue weighted by molar-refractivity contribution is 5.92. The van der Waals surface area contributed by atoms with Gasteiger partial charge in [0.25, 0.3) is 0 Å². The summed E-state index contributed by atoms with van der Waals surface area (Å²) in [7, 11) is 0. The van der Waals surface area contributed by atoms with Gasteiger partial charge in [-0.05, 0) is 31.2 Å². The van der Waals surface area contributed by atoms with Crippen molar-refractivity contribution in [2.45, 2.75) is 6.92 Å². The van der Waals surface area contributed by atoms with Crippen molar-refractivity contribution >= 4 is 29.7 Å². The Morgan fingerprint density at radius 3 is 2.41 bits per heavy atom. The summed E-state index contributed by atoms with van der Waals surface area (Å²) >= 11 is 0. The summed E-state index contributed by atoms with van der Waals surface area (Å²) in [6.45, 7) is 3.26. The van der Waals surface area contributed by atoms with E-state index in [2.05, 4.69) is 15.6 Å². The second-order valence-electron chi connectivity index (χ2n) is 3.22. The summed E-state index contributed by atoms with van der Waals surface area (Å²) in [4.78, 5) is 3.91. The van der Waals surface area contributed by atoms with Gasteiger partial charge in [-0.3, -0.25) is 4.99 Å². The molecule has 0 aliphatic rings. The van der Waals surface area contributed by atoms with Crippen molar-refractivity contribution < 1.29 is 5.11 Å². The maximum absolute atomic E-state index is 8.58. The first-order valence-electron chi connectivity index (χ1n) is 5.28. The molecule has 5 N–H and O–H groups in total. The summed E-state index contributed by atoms with van der Waals surface area (Å²) in [5.74, 6) is 0.310. The first kappa shape index (κ1) is 15.5. The normalized spacial score (nSPS) is 10.6. The zero-order chi connectivity index (χ0) is 11.8. The molecule has 0 amide bonds. The smallest absolute Gasteiger partial charge is 0.193 e. The summed E-state index contributed by atoms with van der Waals surface area (Å²) in [6.07, 6.45) is 0. The fourth-order valence-corrected chi connectivity index (χ4v) is 1.23. The molecule has 0 bridgehead atoms. The fraction of sp³-hybridized carbons (Fsp3) is 0.364. The van der Waals surface area contributed by atoms with Crippen LogP contribution in [-0.4, -0.2) is 30.8 Å². The SMILES string of the molecule is CCNc1ccc(NC(N)=NCCO)cc1.Cl. The number of nitrogens with two attached hydrogens (primary N) is 1. The summed E-state index contributed by atoms with van der Waals surface area (Å²) < 4.78 is 0. The molecule has 0 unspecified atom stereocenters. The quantitative estimate of drug-likeness (QED) is 0.473. The molecule has 1 aromatic rings. The van der Waals surface area contributed by atoms with E-state index >= 15 is 0 Å². The average Bonchev–Trinajstić information content (AvgIpc) is 2.29. The van der Waals surface area contributed by atoms with Crippen molar-refractivity contribution in [1.29, 1.82) is 0 Å². The number of anilines is 2. The maximum atomic E-state index is 8.58. The molecule has 0 aliphatic carbocycles. The van der Waals surface area contributed by atoms with Gasteiger partial charge in [-0.1, -0.05) is 0 Å². The second-order valence-corrected chi connectivity index (χ2v) is 3.22. The van der Waals surface area contributed by atoms with Crippen LogP contribution in [0, 0.1) is 0 Å². The lowest BCUT2D eigenvalue weighted by molar-refractivity contribution is 0.307. The van der Waals surface area contributed by atoms with E-state index in [1.165, 1.54) is 0 Å². The van der Waals surface area contributed by atoms with Gasteiger partial charge in [0.05, 0.1) is 13.2 Å². The van der Waals surface area contributed by atoms with Gasteiger partial charge in [0.2, 0.25) is 0 Å². The summed E-state index contributed by atoms with van der Waals surface area (Å²) in [6, 6.07) is 7.76. The number of aliphatic hydroxyl groups is 1. The van der Waals surface area contributed by atoms with Gasteiger partial charge in [0.1, 0.15) is 0 Å². The Morgan fingerprint density at radius 1 is 1.29 bits per heavy atom. The maximum Gasteiger partial charge on any atom is 0.193 e. The van der Waals surface area contributed by atoms with Crippen LogP contribution in [0.5, 0.6) is 0 Å². The molecule has 0 radical (unpaired) electrons. The Bertz CT molecular complexity index is 340. The van der Waals surface area contributed by atoms with E-state index in [1.807, 2.05) is 31.2 Å². The standard InChI is InChI=1S/C11H18N4O.ClH/c1-2-13-9-3-5-10(6-4-9)15-11(12)14-7-8-16;/h3-6,13,16H,2,7-8H2,1H3,(H3,12,14,15);1H. The van der Waals surface area contributed by atoms with Crippen LogP contribution in [0.4, 0.5) is 11.4 Å². The number of halogens is 1. The zero-order valence-electron chi connectivity index (χ0n) is 9.81. The molecule has 0 aliphatic heterocycles. The molecular formula is C11H19ClN4O. The molecule has 0 fully saturated rings. The zero-order valence-corrected chi connectivity index (χ0v) is 10.6. The molecule has 0 heterocycles. The first-order valence-corrected chi connectivity index (χ1v) is 5.28. The number of nitrogens with one attached hydrogen (secondary N) is 2. The number of benzene rings is 1. The summed E-state index contributed by atoms with van der Waals surface area (Å²) in [5, 5.41) is 14.7. The molecule has 0 atom stereocenters. The molecule has 0 saturated carbocycles. The number of aliphatic imine (C=N–C) groups is 1. The Labute approximate surface area is 108 Å². The average molecular weight is 259 g/mol. The number of guanidine groups is 1. The summed E-state index contributed by atoms with van der Waals surface area (Å²) in [5.41, 5.74) is 7.54. The van der Waals surface area contributed by atoms with Crippen molar-refractivity contribution in [2.75, 3.05) is 30.3 Å². The molecule has 17 heavy (non-hydrogen) atoms. The van der Waals surface area contributed by atoms with E-state index in [0.717, 1.165) is 17.9 Å². The highest BCUT2D eigenvalue weighted by Crippen LogP contribution is 2.12. The van der Waals surface area contributed by atoms with E-state index < -0.39 is 0 Å². The van der Waals surface area contributed by atoms with Gasteiger partial charge in [0, 0.05) is 17.9 Å². The highest BCUT2D eigenvalue weighted by Gasteiger charge is 1.95. The van der Waals surface area contributed by atoms with Crippen molar-refractivity contribution in [1.82, 2.24) is 0 Å². The Kier molecular flexibility index (Phi) is 7.92. The second kappa shape index (κ2) is 8.66. The monoisotopic (exact) mass is 258 g/mol. The van der Waals surface area contributed by atoms with Crippen LogP contribution in [0.15, 0.2) is 29.3 Å². The van der Waals surface area contributed by atoms with E-state index in [0.29, 0.717) is 12.5 Å². The molecule has 0 saturated heterocycles. The van der Waals surface area contributed by atoms with Crippen LogP contribution in [0.2, 0.25) is 0 Å².